The number of imide groups is 1. The molecule has 1 atom stereocenters. The molecule has 0 bridgehead atoms. The summed E-state index contributed by atoms with van der Waals surface area (Å²) in [6.45, 7) is 0. The minimum absolute atomic E-state index is 0.361. The summed E-state index contributed by atoms with van der Waals surface area (Å²) in [5, 5.41) is 6.77. The number of urea groups is 1. The fourth-order valence-corrected chi connectivity index (χ4v) is 3.81. The summed E-state index contributed by atoms with van der Waals surface area (Å²) in [6, 6.07) is 5.52. The van der Waals surface area contributed by atoms with E-state index in [4.69, 9.17) is 0 Å². The Kier molecular flexibility index (Phi) is 1.81. The third-order valence-corrected chi connectivity index (χ3v) is 4.52. The fraction of sp³-hybridized carbons (Fsp3) is 0.0769. The van der Waals surface area contributed by atoms with Crippen molar-refractivity contribution in [2.45, 2.75) is 5.54 Å². The summed E-state index contributed by atoms with van der Waals surface area (Å²) >= 11 is 1.43. The highest BCUT2D eigenvalue weighted by Crippen LogP contribution is 2.51. The van der Waals surface area contributed by atoms with E-state index in [2.05, 4.69) is 10.6 Å². The van der Waals surface area contributed by atoms with Gasteiger partial charge in [-0.2, -0.15) is 0 Å². The van der Waals surface area contributed by atoms with Gasteiger partial charge in [-0.25, -0.2) is 9.18 Å². The number of carbonyl (C=O) groups excluding carboxylic acids is 2. The third-order valence-electron chi connectivity index (χ3n) is 3.57. The van der Waals surface area contributed by atoms with E-state index in [0.29, 0.717) is 16.7 Å². The second kappa shape index (κ2) is 3.21. The lowest BCUT2D eigenvalue weighted by atomic mass is 9.88. The van der Waals surface area contributed by atoms with Crippen molar-refractivity contribution in [1.82, 2.24) is 10.6 Å². The van der Waals surface area contributed by atoms with Gasteiger partial charge in [-0.15, -0.1) is 11.3 Å². The van der Waals surface area contributed by atoms with Gasteiger partial charge in [-0.05, 0) is 23.6 Å². The number of rotatable bonds is 0. The van der Waals surface area contributed by atoms with Crippen LogP contribution in [0.5, 0.6) is 0 Å². The molecule has 1 unspecified atom stereocenters. The first kappa shape index (κ1) is 10.7. The number of carbonyl (C=O) groups is 2. The molecule has 2 N–H and O–H groups in total. The molecule has 1 aromatic heterocycles. The van der Waals surface area contributed by atoms with E-state index in [1.165, 1.54) is 23.5 Å². The Morgan fingerprint density at radius 1 is 1.16 bits per heavy atom. The summed E-state index contributed by atoms with van der Waals surface area (Å²) in [7, 11) is 0. The van der Waals surface area contributed by atoms with Crippen LogP contribution in [-0.4, -0.2) is 11.9 Å². The minimum atomic E-state index is -1.20. The van der Waals surface area contributed by atoms with Crippen molar-refractivity contribution in [2.75, 3.05) is 0 Å². The Morgan fingerprint density at radius 3 is 2.74 bits per heavy atom. The van der Waals surface area contributed by atoms with Gasteiger partial charge < -0.3 is 5.32 Å². The lowest BCUT2D eigenvalue weighted by Gasteiger charge is -2.22. The second-order valence-electron chi connectivity index (χ2n) is 4.51. The predicted molar refractivity (Wildman–Crippen MR) is 67.2 cm³/mol. The SMILES string of the molecule is O=C1NC(=O)C2(N1)c1ccc(F)cc1-c1sccc12. The standard InChI is InChI=1S/C13H7FN2O2S/c14-6-1-2-8-7(5-6)10-9(3-4-19-10)13(8)11(17)15-12(18)16-13/h1-5H,(H2,15,16,17,18). The van der Waals surface area contributed by atoms with Gasteiger partial charge in [0.25, 0.3) is 5.91 Å². The average molecular weight is 274 g/mol. The molecule has 1 aliphatic heterocycles. The molecule has 94 valence electrons. The van der Waals surface area contributed by atoms with E-state index in [0.717, 1.165) is 4.88 Å². The fourth-order valence-electron chi connectivity index (χ4n) is 2.82. The molecule has 1 aromatic carbocycles. The normalized spacial score (nSPS) is 23.2. The van der Waals surface area contributed by atoms with Gasteiger partial charge >= 0.3 is 6.03 Å². The summed E-state index contributed by atoms with van der Waals surface area (Å²) in [4.78, 5) is 24.6. The van der Waals surface area contributed by atoms with Crippen molar-refractivity contribution in [3.05, 3.63) is 46.6 Å². The minimum Gasteiger partial charge on any atom is -0.316 e. The number of hydrogen-bond acceptors (Lipinski definition) is 3. The van der Waals surface area contributed by atoms with Gasteiger partial charge in [-0.3, -0.25) is 10.1 Å². The van der Waals surface area contributed by atoms with Crippen LogP contribution in [0.3, 0.4) is 0 Å². The van der Waals surface area contributed by atoms with Crippen LogP contribution in [-0.2, 0) is 10.3 Å². The molecule has 2 heterocycles. The maximum atomic E-state index is 13.4. The maximum absolute atomic E-state index is 13.4. The molecule has 0 saturated carbocycles. The Hall–Kier alpha value is -2.21. The third kappa shape index (κ3) is 1.12. The lowest BCUT2D eigenvalue weighted by Crippen LogP contribution is -2.42. The van der Waals surface area contributed by atoms with Crippen molar-refractivity contribution in [3.8, 4) is 10.4 Å². The van der Waals surface area contributed by atoms with E-state index in [1.54, 1.807) is 12.1 Å². The first-order valence-electron chi connectivity index (χ1n) is 5.65. The number of nitrogens with one attached hydrogen (secondary N) is 2. The van der Waals surface area contributed by atoms with Crippen LogP contribution < -0.4 is 10.6 Å². The second-order valence-corrected chi connectivity index (χ2v) is 5.43. The monoisotopic (exact) mass is 274 g/mol. The van der Waals surface area contributed by atoms with Crippen molar-refractivity contribution in [2.24, 2.45) is 0 Å². The van der Waals surface area contributed by atoms with Crippen molar-refractivity contribution in [3.63, 3.8) is 0 Å². The molecule has 0 radical (unpaired) electrons. The van der Waals surface area contributed by atoms with Crippen molar-refractivity contribution in [1.29, 1.82) is 0 Å². The van der Waals surface area contributed by atoms with Crippen molar-refractivity contribution >= 4 is 23.3 Å². The highest BCUT2D eigenvalue weighted by Gasteiger charge is 2.55. The number of hydrogen-bond donors (Lipinski definition) is 2. The first-order valence-corrected chi connectivity index (χ1v) is 6.53. The highest BCUT2D eigenvalue weighted by molar-refractivity contribution is 7.14. The number of benzene rings is 1. The predicted octanol–water partition coefficient (Wildman–Crippen LogP) is 1.95. The zero-order valence-corrected chi connectivity index (χ0v) is 10.3. The van der Waals surface area contributed by atoms with Gasteiger partial charge in [-0.1, -0.05) is 6.07 Å². The Balaban J connectivity index is 2.10. The summed E-state index contributed by atoms with van der Waals surface area (Å²) in [5.74, 6) is -0.776. The largest absolute Gasteiger partial charge is 0.322 e. The molecule has 1 saturated heterocycles. The van der Waals surface area contributed by atoms with E-state index < -0.39 is 17.5 Å². The van der Waals surface area contributed by atoms with E-state index in [9.17, 15) is 14.0 Å². The van der Waals surface area contributed by atoms with Crippen LogP contribution >= 0.6 is 11.3 Å². The molecule has 19 heavy (non-hydrogen) atoms. The molecule has 1 fully saturated rings. The van der Waals surface area contributed by atoms with E-state index in [-0.39, 0.29) is 5.82 Å². The smallest absolute Gasteiger partial charge is 0.316 e. The maximum Gasteiger partial charge on any atom is 0.322 e. The number of fused-ring (bicyclic) bond motifs is 5. The van der Waals surface area contributed by atoms with Crippen LogP contribution in [0, 0.1) is 5.82 Å². The topological polar surface area (TPSA) is 58.2 Å². The molecule has 1 aliphatic carbocycles. The van der Waals surface area contributed by atoms with Crippen LogP contribution in [0.1, 0.15) is 11.1 Å². The van der Waals surface area contributed by atoms with E-state index in [1.807, 2.05) is 5.38 Å². The number of amides is 3. The lowest BCUT2D eigenvalue weighted by molar-refractivity contribution is -0.122. The molecule has 4 rings (SSSR count). The summed E-state index contributed by atoms with van der Waals surface area (Å²) < 4.78 is 13.4. The molecular formula is C13H7FN2O2S. The van der Waals surface area contributed by atoms with Crippen LogP contribution in [0.25, 0.3) is 10.4 Å². The molecular weight excluding hydrogens is 267 g/mol. The van der Waals surface area contributed by atoms with Crippen LogP contribution in [0.4, 0.5) is 9.18 Å². The average Bonchev–Trinajstić information content (AvgIpc) is 2.99. The molecule has 6 heteroatoms. The van der Waals surface area contributed by atoms with Crippen LogP contribution in [0.2, 0.25) is 0 Å². The highest BCUT2D eigenvalue weighted by atomic mass is 32.1. The zero-order chi connectivity index (χ0) is 13.2. The van der Waals surface area contributed by atoms with Gasteiger partial charge in [0.1, 0.15) is 5.82 Å². The Morgan fingerprint density at radius 2 is 2.00 bits per heavy atom. The number of halogens is 1. The Labute approximate surface area is 111 Å². The summed E-state index contributed by atoms with van der Waals surface area (Å²) in [6.07, 6.45) is 0. The first-order chi connectivity index (χ1) is 9.13. The molecule has 1 spiro atoms. The van der Waals surface area contributed by atoms with Gasteiger partial charge in [0, 0.05) is 21.6 Å². The van der Waals surface area contributed by atoms with Gasteiger partial charge in [0.15, 0.2) is 5.54 Å². The van der Waals surface area contributed by atoms with Crippen LogP contribution in [0.15, 0.2) is 29.6 Å². The molecule has 2 aliphatic rings. The van der Waals surface area contributed by atoms with E-state index >= 15 is 0 Å². The Bertz CT molecular complexity index is 755. The summed E-state index contributed by atoms with van der Waals surface area (Å²) in [5.41, 5.74) is 0.804. The quantitative estimate of drug-likeness (QED) is 0.721. The van der Waals surface area contributed by atoms with Gasteiger partial charge in [0.2, 0.25) is 0 Å². The molecule has 4 nitrogen and oxygen atoms in total. The number of thiophene rings is 1. The zero-order valence-electron chi connectivity index (χ0n) is 9.49. The molecule has 2 aromatic rings. The van der Waals surface area contributed by atoms with Gasteiger partial charge in [0.05, 0.1) is 0 Å². The molecule has 3 amide bonds. The van der Waals surface area contributed by atoms with Crippen molar-refractivity contribution < 1.29 is 14.0 Å².